The molecule has 0 unspecified atom stereocenters. The molecule has 0 saturated heterocycles. The van der Waals surface area contributed by atoms with Gasteiger partial charge in [-0.05, 0) is 42.6 Å². The molecule has 25 heavy (non-hydrogen) atoms. The fourth-order valence-electron chi connectivity index (χ4n) is 2.68. The van der Waals surface area contributed by atoms with E-state index in [4.69, 9.17) is 0 Å². The molecule has 7 nitrogen and oxygen atoms in total. The number of hydrogen-bond acceptors (Lipinski definition) is 5. The highest BCUT2D eigenvalue weighted by Crippen LogP contribution is 2.12. The van der Waals surface area contributed by atoms with Gasteiger partial charge in [-0.1, -0.05) is 19.1 Å². The summed E-state index contributed by atoms with van der Waals surface area (Å²) in [5.41, 5.74) is 1.42. The van der Waals surface area contributed by atoms with Crippen molar-refractivity contribution in [2.75, 3.05) is 5.32 Å². The Bertz CT molecular complexity index is 1050. The van der Waals surface area contributed by atoms with Gasteiger partial charge in [-0.25, -0.2) is 4.79 Å². The van der Waals surface area contributed by atoms with Gasteiger partial charge in [0.15, 0.2) is 5.52 Å². The first-order valence-electron chi connectivity index (χ1n) is 7.95. The van der Waals surface area contributed by atoms with Crippen molar-refractivity contribution in [1.82, 2.24) is 13.5 Å². The summed E-state index contributed by atoms with van der Waals surface area (Å²) < 4.78 is 6.53. The highest BCUT2D eigenvalue weighted by atomic mass is 32.1. The minimum atomic E-state index is -0.487. The van der Waals surface area contributed by atoms with Crippen molar-refractivity contribution in [3.8, 4) is 0 Å². The average Bonchev–Trinajstić information content (AvgIpc) is 3.05. The summed E-state index contributed by atoms with van der Waals surface area (Å²) in [5.74, 6) is -0.332. The molecule has 3 rings (SSSR count). The Balaban J connectivity index is 1.98. The monoisotopic (exact) mass is 358 g/mol. The van der Waals surface area contributed by atoms with Crippen LogP contribution in [0.2, 0.25) is 0 Å². The SMILES string of the molecule is CCCn1c(=O)c2nscc2n(CC(=O)Nc2cccc(C)c2)c1=O. The van der Waals surface area contributed by atoms with E-state index in [1.54, 1.807) is 11.4 Å². The van der Waals surface area contributed by atoms with Crippen molar-refractivity contribution in [1.29, 1.82) is 0 Å². The van der Waals surface area contributed by atoms with Gasteiger partial charge in [0.05, 0.1) is 5.52 Å². The summed E-state index contributed by atoms with van der Waals surface area (Å²) in [6.07, 6.45) is 0.639. The van der Waals surface area contributed by atoms with Crippen LogP contribution >= 0.6 is 11.5 Å². The largest absolute Gasteiger partial charge is 0.332 e. The number of rotatable bonds is 5. The van der Waals surface area contributed by atoms with Crippen LogP contribution in [-0.2, 0) is 17.9 Å². The first-order valence-corrected chi connectivity index (χ1v) is 8.79. The van der Waals surface area contributed by atoms with E-state index in [-0.39, 0.29) is 18.0 Å². The molecule has 0 bridgehead atoms. The zero-order valence-electron chi connectivity index (χ0n) is 14.0. The molecular weight excluding hydrogens is 340 g/mol. The lowest BCUT2D eigenvalue weighted by molar-refractivity contribution is -0.116. The molecule has 0 radical (unpaired) electrons. The molecule has 2 aromatic heterocycles. The molecule has 130 valence electrons. The average molecular weight is 358 g/mol. The molecule has 0 atom stereocenters. The van der Waals surface area contributed by atoms with Gasteiger partial charge in [0.25, 0.3) is 5.56 Å². The van der Waals surface area contributed by atoms with Gasteiger partial charge in [-0.2, -0.15) is 4.37 Å². The number of carbonyl (C=O) groups excluding carboxylic acids is 1. The molecule has 1 amide bonds. The Morgan fingerprint density at radius 2 is 2.08 bits per heavy atom. The summed E-state index contributed by atoms with van der Waals surface area (Å²) in [6.45, 7) is 3.93. The number of carbonyl (C=O) groups is 1. The highest BCUT2D eigenvalue weighted by molar-refractivity contribution is 7.04. The molecule has 3 aromatic rings. The van der Waals surface area contributed by atoms with Gasteiger partial charge < -0.3 is 5.32 Å². The maximum atomic E-state index is 12.7. The maximum absolute atomic E-state index is 12.7. The van der Waals surface area contributed by atoms with Crippen molar-refractivity contribution in [3.05, 3.63) is 56.0 Å². The second-order valence-electron chi connectivity index (χ2n) is 5.79. The number of benzene rings is 1. The van der Waals surface area contributed by atoms with Crippen molar-refractivity contribution < 1.29 is 4.79 Å². The summed E-state index contributed by atoms with van der Waals surface area (Å²) in [6, 6.07) is 7.41. The minimum Gasteiger partial charge on any atom is -0.325 e. The highest BCUT2D eigenvalue weighted by Gasteiger charge is 2.17. The van der Waals surface area contributed by atoms with E-state index in [9.17, 15) is 14.4 Å². The number of amides is 1. The topological polar surface area (TPSA) is 86.0 Å². The molecular formula is C17H18N4O3S. The number of nitrogens with zero attached hydrogens (tertiary/aromatic N) is 3. The molecule has 8 heteroatoms. The van der Waals surface area contributed by atoms with E-state index in [0.29, 0.717) is 24.2 Å². The Kier molecular flexibility index (Phi) is 4.80. The zero-order valence-corrected chi connectivity index (χ0v) is 14.8. The normalized spacial score (nSPS) is 11.0. The number of aromatic nitrogens is 3. The third kappa shape index (κ3) is 3.39. The number of aryl methyl sites for hydroxylation is 1. The van der Waals surface area contributed by atoms with Crippen molar-refractivity contribution in [2.24, 2.45) is 0 Å². The van der Waals surface area contributed by atoms with E-state index < -0.39 is 11.2 Å². The fraction of sp³-hybridized carbons (Fsp3) is 0.294. The quantitative estimate of drug-likeness (QED) is 0.756. The number of nitrogens with one attached hydrogen (secondary N) is 1. The summed E-state index contributed by atoms with van der Waals surface area (Å²) in [4.78, 5) is 37.4. The second-order valence-corrected chi connectivity index (χ2v) is 6.42. The minimum absolute atomic E-state index is 0.175. The molecule has 0 aliphatic heterocycles. The van der Waals surface area contributed by atoms with Gasteiger partial charge in [0.2, 0.25) is 5.91 Å². The van der Waals surface area contributed by atoms with Gasteiger partial charge in [-0.15, -0.1) is 0 Å². The molecule has 0 aliphatic rings. The number of anilines is 1. The van der Waals surface area contributed by atoms with E-state index in [1.807, 2.05) is 32.0 Å². The first kappa shape index (κ1) is 17.1. The second kappa shape index (κ2) is 7.02. The lowest BCUT2D eigenvalue weighted by atomic mass is 10.2. The van der Waals surface area contributed by atoms with Crippen LogP contribution in [0.1, 0.15) is 18.9 Å². The summed E-state index contributed by atoms with van der Waals surface area (Å²) >= 11 is 1.09. The summed E-state index contributed by atoms with van der Waals surface area (Å²) in [7, 11) is 0. The van der Waals surface area contributed by atoms with Crippen LogP contribution in [0.15, 0.2) is 39.2 Å². The Hall–Kier alpha value is -2.74. The predicted octanol–water partition coefficient (Wildman–Crippen LogP) is 1.98. The van der Waals surface area contributed by atoms with Crippen LogP contribution in [0.3, 0.4) is 0 Å². The molecule has 2 heterocycles. The van der Waals surface area contributed by atoms with Crippen LogP contribution in [0, 0.1) is 6.92 Å². The van der Waals surface area contributed by atoms with Gasteiger partial charge in [-0.3, -0.25) is 18.7 Å². The smallest absolute Gasteiger partial charge is 0.325 e. The van der Waals surface area contributed by atoms with Crippen molar-refractivity contribution in [3.63, 3.8) is 0 Å². The maximum Gasteiger partial charge on any atom is 0.332 e. The molecule has 0 fully saturated rings. The van der Waals surface area contributed by atoms with E-state index in [0.717, 1.165) is 21.7 Å². The van der Waals surface area contributed by atoms with Crippen molar-refractivity contribution >= 4 is 34.2 Å². The van der Waals surface area contributed by atoms with E-state index in [2.05, 4.69) is 9.69 Å². The number of hydrogen-bond donors (Lipinski definition) is 1. The van der Waals surface area contributed by atoms with Crippen LogP contribution < -0.4 is 16.6 Å². The lowest BCUT2D eigenvalue weighted by Crippen LogP contribution is -2.41. The van der Waals surface area contributed by atoms with E-state index in [1.165, 1.54) is 4.57 Å². The molecule has 1 N–H and O–H groups in total. The standard InChI is InChI=1S/C17H18N4O3S/c1-3-7-20-16(23)15-13(10-25-19-15)21(17(20)24)9-14(22)18-12-6-4-5-11(2)8-12/h4-6,8,10H,3,7,9H2,1-2H3,(H,18,22). The Labute approximate surface area is 147 Å². The third-order valence-electron chi connectivity index (χ3n) is 3.80. The van der Waals surface area contributed by atoms with Gasteiger partial charge >= 0.3 is 5.69 Å². The summed E-state index contributed by atoms with van der Waals surface area (Å²) in [5, 5.41) is 4.40. The van der Waals surface area contributed by atoms with E-state index >= 15 is 0 Å². The lowest BCUT2D eigenvalue weighted by Gasteiger charge is -2.11. The molecule has 0 spiro atoms. The number of fused-ring (bicyclic) bond motifs is 1. The zero-order chi connectivity index (χ0) is 18.0. The first-order chi connectivity index (χ1) is 12.0. The Morgan fingerprint density at radius 3 is 2.80 bits per heavy atom. The van der Waals surface area contributed by atoms with Gasteiger partial charge in [0, 0.05) is 17.6 Å². The third-order valence-corrected chi connectivity index (χ3v) is 4.42. The Morgan fingerprint density at radius 1 is 1.28 bits per heavy atom. The van der Waals surface area contributed by atoms with Crippen LogP contribution in [0.5, 0.6) is 0 Å². The van der Waals surface area contributed by atoms with Crippen LogP contribution in [0.4, 0.5) is 5.69 Å². The van der Waals surface area contributed by atoms with Gasteiger partial charge in [0.1, 0.15) is 6.54 Å². The fourth-order valence-corrected chi connectivity index (χ4v) is 3.34. The van der Waals surface area contributed by atoms with Crippen LogP contribution in [0.25, 0.3) is 11.0 Å². The molecule has 0 aliphatic carbocycles. The van der Waals surface area contributed by atoms with Crippen molar-refractivity contribution in [2.45, 2.75) is 33.4 Å². The predicted molar refractivity (Wildman–Crippen MR) is 98.2 cm³/mol. The van der Waals surface area contributed by atoms with Crippen LogP contribution in [-0.4, -0.2) is 19.4 Å². The molecule has 0 saturated carbocycles. The molecule has 1 aromatic carbocycles.